The fraction of sp³-hybridized carbons (Fsp3) is 0.308. The number of aromatic hydroxyl groups is 1. The summed E-state index contributed by atoms with van der Waals surface area (Å²) in [6.45, 7) is 1.32. The number of ether oxygens (including phenoxy) is 1. The molecule has 2 rings (SSSR count). The molecular weight excluding hydrogens is 218 g/mol. The zero-order chi connectivity index (χ0) is 12.3. The lowest BCUT2D eigenvalue weighted by molar-refractivity contribution is -0.136. The molecule has 0 aliphatic carbocycles. The monoisotopic (exact) mass is 233 g/mol. The van der Waals surface area contributed by atoms with Gasteiger partial charge in [0.05, 0.1) is 7.11 Å². The van der Waals surface area contributed by atoms with Crippen molar-refractivity contribution in [1.82, 2.24) is 5.32 Å². The third kappa shape index (κ3) is 2.31. The van der Waals surface area contributed by atoms with Gasteiger partial charge in [-0.05, 0) is 24.6 Å². The van der Waals surface area contributed by atoms with Crippen LogP contribution in [0.2, 0.25) is 0 Å². The van der Waals surface area contributed by atoms with E-state index in [9.17, 15) is 9.90 Å². The minimum atomic E-state index is -0.315. The normalized spacial score (nSPS) is 15.8. The maximum Gasteiger partial charge on any atom is 0.334 e. The van der Waals surface area contributed by atoms with Gasteiger partial charge in [0.1, 0.15) is 5.75 Å². The van der Waals surface area contributed by atoms with Gasteiger partial charge in [-0.3, -0.25) is 0 Å². The lowest BCUT2D eigenvalue weighted by atomic mass is 9.94. The summed E-state index contributed by atoms with van der Waals surface area (Å²) in [5.41, 5.74) is 2.16. The quantitative estimate of drug-likeness (QED) is 0.756. The van der Waals surface area contributed by atoms with E-state index in [1.807, 2.05) is 6.07 Å². The van der Waals surface area contributed by atoms with Crippen LogP contribution < -0.4 is 5.32 Å². The smallest absolute Gasteiger partial charge is 0.334 e. The zero-order valence-corrected chi connectivity index (χ0v) is 9.69. The number of methoxy groups -OCH3 is 1. The van der Waals surface area contributed by atoms with Crippen LogP contribution in [0.4, 0.5) is 0 Å². The SMILES string of the molecule is COC(=O)C1=C(c2ccccc2O)CNCC1. The topological polar surface area (TPSA) is 58.6 Å². The highest BCUT2D eigenvalue weighted by molar-refractivity contribution is 5.99. The number of benzene rings is 1. The van der Waals surface area contributed by atoms with Crippen LogP contribution in [0.1, 0.15) is 12.0 Å². The number of hydrogen-bond acceptors (Lipinski definition) is 4. The summed E-state index contributed by atoms with van der Waals surface area (Å²) in [7, 11) is 1.37. The Morgan fingerprint density at radius 2 is 2.18 bits per heavy atom. The van der Waals surface area contributed by atoms with Crippen molar-refractivity contribution in [3.05, 3.63) is 35.4 Å². The third-order valence-electron chi connectivity index (χ3n) is 2.88. The van der Waals surface area contributed by atoms with Gasteiger partial charge in [0, 0.05) is 17.7 Å². The molecule has 0 spiro atoms. The molecule has 0 atom stereocenters. The van der Waals surface area contributed by atoms with Gasteiger partial charge < -0.3 is 15.2 Å². The van der Waals surface area contributed by atoms with E-state index in [0.717, 1.165) is 12.1 Å². The third-order valence-corrected chi connectivity index (χ3v) is 2.88. The Morgan fingerprint density at radius 1 is 1.41 bits per heavy atom. The van der Waals surface area contributed by atoms with Crippen molar-refractivity contribution in [2.75, 3.05) is 20.2 Å². The molecule has 0 radical (unpaired) electrons. The van der Waals surface area contributed by atoms with Gasteiger partial charge in [0.15, 0.2) is 0 Å². The van der Waals surface area contributed by atoms with Crippen molar-refractivity contribution in [3.8, 4) is 5.75 Å². The number of carbonyl (C=O) groups is 1. The molecule has 1 aliphatic heterocycles. The fourth-order valence-electron chi connectivity index (χ4n) is 2.02. The molecule has 1 aromatic carbocycles. The molecule has 1 aromatic rings. The Hall–Kier alpha value is -1.81. The maximum atomic E-state index is 11.7. The predicted octanol–water partition coefficient (Wildman–Crippen LogP) is 1.31. The fourth-order valence-corrected chi connectivity index (χ4v) is 2.02. The Bertz CT molecular complexity index is 465. The number of nitrogens with one attached hydrogen (secondary N) is 1. The van der Waals surface area contributed by atoms with Gasteiger partial charge >= 0.3 is 5.97 Å². The number of esters is 1. The number of para-hydroxylation sites is 1. The Kier molecular flexibility index (Phi) is 3.44. The van der Waals surface area contributed by atoms with Gasteiger partial charge in [0.25, 0.3) is 0 Å². The Morgan fingerprint density at radius 3 is 2.88 bits per heavy atom. The maximum absolute atomic E-state index is 11.7. The molecule has 4 nitrogen and oxygen atoms in total. The van der Waals surface area contributed by atoms with Crippen LogP contribution >= 0.6 is 0 Å². The van der Waals surface area contributed by atoms with E-state index in [2.05, 4.69) is 5.32 Å². The molecule has 1 heterocycles. The van der Waals surface area contributed by atoms with Gasteiger partial charge in [-0.1, -0.05) is 18.2 Å². The lowest BCUT2D eigenvalue weighted by Crippen LogP contribution is -2.27. The van der Waals surface area contributed by atoms with Gasteiger partial charge in [0.2, 0.25) is 0 Å². The summed E-state index contributed by atoms with van der Waals surface area (Å²) in [5, 5.41) is 13.0. The van der Waals surface area contributed by atoms with Crippen molar-refractivity contribution in [3.63, 3.8) is 0 Å². The molecule has 2 N–H and O–H groups in total. The lowest BCUT2D eigenvalue weighted by Gasteiger charge is -2.20. The van der Waals surface area contributed by atoms with E-state index in [-0.39, 0.29) is 11.7 Å². The molecule has 0 saturated heterocycles. The van der Waals surface area contributed by atoms with Crippen molar-refractivity contribution in [2.24, 2.45) is 0 Å². The Balaban J connectivity index is 2.49. The first kappa shape index (κ1) is 11.7. The van der Waals surface area contributed by atoms with E-state index in [1.165, 1.54) is 7.11 Å². The number of phenols is 1. The summed E-state index contributed by atoms with van der Waals surface area (Å²) in [5.74, 6) is -0.127. The molecule has 90 valence electrons. The minimum absolute atomic E-state index is 0.188. The van der Waals surface area contributed by atoms with Gasteiger partial charge in [-0.2, -0.15) is 0 Å². The van der Waals surface area contributed by atoms with Crippen LogP contribution in [-0.4, -0.2) is 31.3 Å². The summed E-state index contributed by atoms with van der Waals surface area (Å²) < 4.78 is 4.78. The van der Waals surface area contributed by atoms with Crippen molar-refractivity contribution in [1.29, 1.82) is 0 Å². The molecule has 1 aliphatic rings. The molecular formula is C13H15NO3. The summed E-state index contributed by atoms with van der Waals surface area (Å²) in [6.07, 6.45) is 0.621. The summed E-state index contributed by atoms with van der Waals surface area (Å²) in [6, 6.07) is 7.02. The molecule has 0 bridgehead atoms. The van der Waals surface area contributed by atoms with E-state index < -0.39 is 0 Å². The standard InChI is InChI=1S/C13H15NO3/c1-17-13(16)10-6-7-14-8-11(10)9-4-2-3-5-12(9)15/h2-5,14-15H,6-8H2,1H3. The average Bonchev–Trinajstić information content (AvgIpc) is 2.38. The summed E-state index contributed by atoms with van der Waals surface area (Å²) in [4.78, 5) is 11.7. The van der Waals surface area contributed by atoms with Crippen molar-refractivity contribution in [2.45, 2.75) is 6.42 Å². The average molecular weight is 233 g/mol. The molecule has 0 saturated carbocycles. The molecule has 17 heavy (non-hydrogen) atoms. The molecule has 0 amide bonds. The first-order valence-electron chi connectivity index (χ1n) is 5.53. The molecule has 0 fully saturated rings. The largest absolute Gasteiger partial charge is 0.507 e. The second-order valence-electron chi connectivity index (χ2n) is 3.89. The highest BCUT2D eigenvalue weighted by Gasteiger charge is 2.21. The minimum Gasteiger partial charge on any atom is -0.507 e. The number of carbonyl (C=O) groups excluding carboxylic acids is 1. The Labute approximate surface area is 99.9 Å². The first-order chi connectivity index (χ1) is 8.24. The van der Waals surface area contributed by atoms with Crippen molar-refractivity contribution >= 4 is 11.5 Å². The number of hydrogen-bond donors (Lipinski definition) is 2. The summed E-state index contributed by atoms with van der Waals surface area (Å²) >= 11 is 0. The van der Waals surface area contributed by atoms with Crippen LogP contribution in [0, 0.1) is 0 Å². The highest BCUT2D eigenvalue weighted by Crippen LogP contribution is 2.29. The van der Waals surface area contributed by atoms with Gasteiger partial charge in [-0.25, -0.2) is 4.79 Å². The van der Waals surface area contributed by atoms with Gasteiger partial charge in [-0.15, -0.1) is 0 Å². The van der Waals surface area contributed by atoms with Crippen LogP contribution in [0.5, 0.6) is 5.75 Å². The first-order valence-corrected chi connectivity index (χ1v) is 5.53. The van der Waals surface area contributed by atoms with E-state index in [4.69, 9.17) is 4.74 Å². The molecule has 0 aromatic heterocycles. The second kappa shape index (κ2) is 5.01. The molecule has 0 unspecified atom stereocenters. The second-order valence-corrected chi connectivity index (χ2v) is 3.89. The van der Waals surface area contributed by atoms with Crippen LogP contribution in [0.3, 0.4) is 0 Å². The molecule has 4 heteroatoms. The van der Waals surface area contributed by atoms with Crippen LogP contribution in [0.15, 0.2) is 29.8 Å². The number of phenolic OH excluding ortho intramolecular Hbond substituents is 1. The van der Waals surface area contributed by atoms with Crippen molar-refractivity contribution < 1.29 is 14.6 Å². The number of rotatable bonds is 2. The van der Waals surface area contributed by atoms with E-state index >= 15 is 0 Å². The predicted molar refractivity (Wildman–Crippen MR) is 64.5 cm³/mol. The van der Waals surface area contributed by atoms with E-state index in [0.29, 0.717) is 24.1 Å². The van der Waals surface area contributed by atoms with Crippen LogP contribution in [0.25, 0.3) is 5.57 Å². The van der Waals surface area contributed by atoms with Crippen LogP contribution in [-0.2, 0) is 9.53 Å². The van der Waals surface area contributed by atoms with E-state index in [1.54, 1.807) is 18.2 Å². The highest BCUT2D eigenvalue weighted by atomic mass is 16.5. The zero-order valence-electron chi connectivity index (χ0n) is 9.69.